The smallest absolute Gasteiger partial charge is 0.265 e. The van der Waals surface area contributed by atoms with Gasteiger partial charge in [0.05, 0.1) is 11.6 Å². The molecule has 0 fully saturated rings. The van der Waals surface area contributed by atoms with E-state index in [2.05, 4.69) is 4.98 Å². The van der Waals surface area contributed by atoms with E-state index in [0.29, 0.717) is 9.99 Å². The predicted octanol–water partition coefficient (Wildman–Crippen LogP) is 3.18. The second-order valence-corrected chi connectivity index (χ2v) is 3.75. The standard InChI is InChI=1S/C8H5ClF2INO/c9-2-6-5(7(10)11)1-4(3-14)8(12)13-6/h1,3,7H,2H2. The molecule has 2 nitrogen and oxygen atoms in total. The van der Waals surface area contributed by atoms with Crippen molar-refractivity contribution in [2.75, 3.05) is 0 Å². The first kappa shape index (κ1) is 11.8. The van der Waals surface area contributed by atoms with Gasteiger partial charge in [-0.1, -0.05) is 0 Å². The normalized spacial score (nSPS) is 10.6. The molecule has 1 rings (SSSR count). The molecule has 1 heterocycles. The van der Waals surface area contributed by atoms with Crippen molar-refractivity contribution in [3.05, 3.63) is 26.6 Å². The van der Waals surface area contributed by atoms with Crippen molar-refractivity contribution < 1.29 is 13.6 Å². The zero-order chi connectivity index (χ0) is 10.7. The van der Waals surface area contributed by atoms with Crippen molar-refractivity contribution in [2.24, 2.45) is 0 Å². The first-order valence-electron chi connectivity index (χ1n) is 3.58. The number of aldehydes is 1. The largest absolute Gasteiger partial charge is 0.298 e. The fraction of sp³-hybridized carbons (Fsp3) is 0.250. The minimum Gasteiger partial charge on any atom is -0.298 e. The molecular weight excluding hydrogens is 326 g/mol. The van der Waals surface area contributed by atoms with Gasteiger partial charge in [-0.2, -0.15) is 0 Å². The summed E-state index contributed by atoms with van der Waals surface area (Å²) < 4.78 is 25.3. The molecule has 0 bridgehead atoms. The Morgan fingerprint density at radius 1 is 1.64 bits per heavy atom. The molecule has 0 aliphatic rings. The number of carbonyl (C=O) groups is 1. The summed E-state index contributed by atoms with van der Waals surface area (Å²) in [6.07, 6.45) is -2.16. The molecule has 0 N–H and O–H groups in total. The SMILES string of the molecule is O=Cc1cc(C(F)F)c(CCl)nc1I. The van der Waals surface area contributed by atoms with E-state index in [1.807, 2.05) is 0 Å². The Balaban J connectivity index is 3.32. The van der Waals surface area contributed by atoms with Gasteiger partial charge < -0.3 is 0 Å². The lowest BCUT2D eigenvalue weighted by atomic mass is 10.1. The van der Waals surface area contributed by atoms with Crippen LogP contribution in [-0.4, -0.2) is 11.3 Å². The van der Waals surface area contributed by atoms with Gasteiger partial charge in [-0.15, -0.1) is 11.6 Å². The van der Waals surface area contributed by atoms with Gasteiger partial charge in [0.15, 0.2) is 6.29 Å². The minimum atomic E-state index is -2.66. The van der Waals surface area contributed by atoms with Gasteiger partial charge in [0.2, 0.25) is 0 Å². The number of rotatable bonds is 3. The van der Waals surface area contributed by atoms with Crippen molar-refractivity contribution in [3.8, 4) is 0 Å². The van der Waals surface area contributed by atoms with Crippen LogP contribution in [0.25, 0.3) is 0 Å². The molecule has 1 aromatic rings. The monoisotopic (exact) mass is 331 g/mol. The summed E-state index contributed by atoms with van der Waals surface area (Å²) in [5.41, 5.74) is 0.00829. The lowest BCUT2D eigenvalue weighted by Gasteiger charge is -2.07. The van der Waals surface area contributed by atoms with Crippen molar-refractivity contribution in [1.29, 1.82) is 0 Å². The lowest BCUT2D eigenvalue weighted by molar-refractivity contribution is 0.112. The molecule has 0 amide bonds. The minimum absolute atomic E-state index is 0.0885. The lowest BCUT2D eigenvalue weighted by Crippen LogP contribution is -2.02. The van der Waals surface area contributed by atoms with Crippen LogP contribution in [0.15, 0.2) is 6.07 Å². The number of aromatic nitrogens is 1. The number of hydrogen-bond acceptors (Lipinski definition) is 2. The van der Waals surface area contributed by atoms with Gasteiger partial charge in [0, 0.05) is 11.1 Å². The molecule has 0 atom stereocenters. The molecule has 76 valence electrons. The summed E-state index contributed by atoms with van der Waals surface area (Å²) >= 11 is 7.26. The number of halogens is 4. The Morgan fingerprint density at radius 2 is 2.29 bits per heavy atom. The molecule has 0 saturated carbocycles. The van der Waals surface area contributed by atoms with Gasteiger partial charge in [-0.05, 0) is 28.7 Å². The Bertz CT molecular complexity index is 359. The van der Waals surface area contributed by atoms with Crippen LogP contribution in [0.3, 0.4) is 0 Å². The van der Waals surface area contributed by atoms with E-state index < -0.39 is 6.43 Å². The van der Waals surface area contributed by atoms with Crippen molar-refractivity contribution >= 4 is 40.5 Å². The maximum atomic E-state index is 12.4. The molecule has 0 radical (unpaired) electrons. The van der Waals surface area contributed by atoms with Crippen LogP contribution >= 0.6 is 34.2 Å². The number of alkyl halides is 3. The highest BCUT2D eigenvalue weighted by Gasteiger charge is 2.16. The van der Waals surface area contributed by atoms with Gasteiger partial charge >= 0.3 is 0 Å². The molecule has 0 spiro atoms. The quantitative estimate of drug-likeness (QED) is 0.368. The average molecular weight is 331 g/mol. The summed E-state index contributed by atoms with van der Waals surface area (Å²) in [5.74, 6) is -0.0885. The number of pyridine rings is 1. The zero-order valence-electron chi connectivity index (χ0n) is 6.81. The zero-order valence-corrected chi connectivity index (χ0v) is 9.72. The fourth-order valence-electron chi connectivity index (χ4n) is 0.937. The molecular formula is C8H5ClF2INO. The Morgan fingerprint density at radius 3 is 2.71 bits per heavy atom. The first-order chi connectivity index (χ1) is 6.60. The number of hydrogen-bond donors (Lipinski definition) is 0. The third-order valence-corrected chi connectivity index (χ3v) is 2.72. The highest BCUT2D eigenvalue weighted by atomic mass is 127. The van der Waals surface area contributed by atoms with Crippen molar-refractivity contribution in [2.45, 2.75) is 12.3 Å². The molecule has 1 aromatic heterocycles. The summed E-state index contributed by atoms with van der Waals surface area (Å²) in [4.78, 5) is 14.3. The summed E-state index contributed by atoms with van der Waals surface area (Å²) in [5, 5.41) is 0. The van der Waals surface area contributed by atoms with Gasteiger partial charge in [-0.3, -0.25) is 4.79 Å². The Kier molecular flexibility index (Phi) is 4.18. The van der Waals surface area contributed by atoms with Crippen molar-refractivity contribution in [3.63, 3.8) is 0 Å². The van der Waals surface area contributed by atoms with Gasteiger partial charge in [0.25, 0.3) is 6.43 Å². The topological polar surface area (TPSA) is 30.0 Å². The van der Waals surface area contributed by atoms with Crippen LogP contribution in [0.4, 0.5) is 8.78 Å². The van der Waals surface area contributed by atoms with Crippen LogP contribution in [-0.2, 0) is 5.88 Å². The van der Waals surface area contributed by atoms with Crippen LogP contribution < -0.4 is 0 Å². The van der Waals surface area contributed by atoms with Gasteiger partial charge in [-0.25, -0.2) is 13.8 Å². The van der Waals surface area contributed by atoms with E-state index in [1.54, 1.807) is 22.6 Å². The maximum absolute atomic E-state index is 12.4. The first-order valence-corrected chi connectivity index (χ1v) is 5.20. The van der Waals surface area contributed by atoms with Crippen LogP contribution in [0.1, 0.15) is 28.0 Å². The second kappa shape index (κ2) is 4.97. The average Bonchev–Trinajstić information content (AvgIpc) is 2.16. The highest BCUT2D eigenvalue weighted by Crippen LogP contribution is 2.25. The molecule has 14 heavy (non-hydrogen) atoms. The van der Waals surface area contributed by atoms with E-state index in [1.165, 1.54) is 0 Å². The molecule has 0 aliphatic carbocycles. The van der Waals surface area contributed by atoms with Crippen LogP contribution in [0.2, 0.25) is 0 Å². The van der Waals surface area contributed by atoms with E-state index in [-0.39, 0.29) is 22.7 Å². The van der Waals surface area contributed by atoms with Gasteiger partial charge in [0.1, 0.15) is 3.70 Å². The highest BCUT2D eigenvalue weighted by molar-refractivity contribution is 14.1. The van der Waals surface area contributed by atoms with E-state index in [0.717, 1.165) is 6.07 Å². The molecule has 0 unspecified atom stereocenters. The number of nitrogens with zero attached hydrogens (tertiary/aromatic N) is 1. The van der Waals surface area contributed by atoms with E-state index >= 15 is 0 Å². The summed E-state index contributed by atoms with van der Waals surface area (Å²) in [6.45, 7) is 0. The second-order valence-electron chi connectivity index (χ2n) is 2.46. The third kappa shape index (κ3) is 2.38. The Labute approximate surface area is 97.8 Å². The van der Waals surface area contributed by atoms with E-state index in [9.17, 15) is 13.6 Å². The van der Waals surface area contributed by atoms with Crippen molar-refractivity contribution in [1.82, 2.24) is 4.98 Å². The fourth-order valence-corrected chi connectivity index (χ4v) is 1.72. The third-order valence-electron chi connectivity index (χ3n) is 1.60. The molecule has 0 aliphatic heterocycles. The van der Waals surface area contributed by atoms with Crippen LogP contribution in [0.5, 0.6) is 0 Å². The maximum Gasteiger partial charge on any atom is 0.265 e. The van der Waals surface area contributed by atoms with Crippen LogP contribution in [0, 0.1) is 3.70 Å². The molecule has 0 aromatic carbocycles. The summed E-state index contributed by atoms with van der Waals surface area (Å²) in [7, 11) is 0. The molecule has 6 heteroatoms. The predicted molar refractivity (Wildman–Crippen MR) is 56.9 cm³/mol. The summed E-state index contributed by atoms with van der Waals surface area (Å²) in [6, 6.07) is 1.13. The number of carbonyl (C=O) groups excluding carboxylic acids is 1. The van der Waals surface area contributed by atoms with E-state index in [4.69, 9.17) is 11.6 Å². The molecule has 0 saturated heterocycles. The Hall–Kier alpha value is -0.300.